The van der Waals surface area contributed by atoms with Crippen LogP contribution in [0.25, 0.3) is 0 Å². The molecule has 5 rings (SSSR count). The maximum absolute atomic E-state index is 12.6. The van der Waals surface area contributed by atoms with Gasteiger partial charge in [-0.3, -0.25) is 4.79 Å². The van der Waals surface area contributed by atoms with Crippen LogP contribution in [0.2, 0.25) is 0 Å². The van der Waals surface area contributed by atoms with Crippen LogP contribution >= 0.6 is 0 Å². The molecule has 1 unspecified atom stereocenters. The van der Waals surface area contributed by atoms with Crippen LogP contribution in [0.4, 0.5) is 11.4 Å². The predicted octanol–water partition coefficient (Wildman–Crippen LogP) is 3.78. The SMILES string of the molecule is O=C(NCC1CCOCC1)c1ccc(C2C=CN=[N+]2CNc2ccc(N3CCOCC3)cc2)cc1. The molecule has 0 aliphatic carbocycles. The summed E-state index contributed by atoms with van der Waals surface area (Å²) in [5.41, 5.74) is 4.07. The molecule has 0 bridgehead atoms. The Balaban J connectivity index is 1.13. The van der Waals surface area contributed by atoms with E-state index >= 15 is 0 Å². The smallest absolute Gasteiger partial charge is 0.251 e. The lowest BCUT2D eigenvalue weighted by Gasteiger charge is -2.28. The zero-order valence-electron chi connectivity index (χ0n) is 20.1. The average Bonchev–Trinajstić information content (AvgIpc) is 3.41. The number of azo groups is 2. The van der Waals surface area contributed by atoms with Gasteiger partial charge in [-0.15, -0.1) is 0 Å². The Morgan fingerprint density at radius 3 is 2.43 bits per heavy atom. The van der Waals surface area contributed by atoms with Crippen molar-refractivity contribution in [1.29, 1.82) is 0 Å². The van der Waals surface area contributed by atoms with Crippen molar-refractivity contribution < 1.29 is 19.0 Å². The zero-order valence-corrected chi connectivity index (χ0v) is 20.1. The lowest BCUT2D eigenvalue weighted by molar-refractivity contribution is -0.610. The highest BCUT2D eigenvalue weighted by Gasteiger charge is 2.26. The number of carbonyl (C=O) groups excluding carboxylic acids is 1. The number of hydrogen-bond acceptors (Lipinski definition) is 6. The van der Waals surface area contributed by atoms with Gasteiger partial charge in [-0.1, -0.05) is 16.8 Å². The van der Waals surface area contributed by atoms with Gasteiger partial charge in [0.25, 0.3) is 5.91 Å². The number of carbonyl (C=O) groups is 1. The number of anilines is 2. The van der Waals surface area contributed by atoms with Crippen LogP contribution < -0.4 is 15.5 Å². The van der Waals surface area contributed by atoms with Gasteiger partial charge < -0.3 is 25.0 Å². The first kappa shape index (κ1) is 23.5. The minimum atomic E-state index is -0.0197. The van der Waals surface area contributed by atoms with Gasteiger partial charge in [0.15, 0.2) is 0 Å². The molecular weight excluding hydrogens is 442 g/mol. The third kappa shape index (κ3) is 6.07. The van der Waals surface area contributed by atoms with Crippen molar-refractivity contribution in [3.8, 4) is 0 Å². The van der Waals surface area contributed by atoms with Crippen molar-refractivity contribution in [2.45, 2.75) is 18.9 Å². The molecule has 0 saturated carbocycles. The van der Waals surface area contributed by atoms with Crippen molar-refractivity contribution in [2.24, 2.45) is 11.0 Å². The molecule has 0 aromatic heterocycles. The number of ether oxygens (including phenoxy) is 2. The number of morpholine rings is 1. The largest absolute Gasteiger partial charge is 0.381 e. The van der Waals surface area contributed by atoms with Crippen LogP contribution in [-0.4, -0.2) is 63.3 Å². The minimum Gasteiger partial charge on any atom is -0.381 e. The van der Waals surface area contributed by atoms with Gasteiger partial charge in [-0.25, -0.2) is 0 Å². The van der Waals surface area contributed by atoms with Crippen molar-refractivity contribution in [2.75, 3.05) is 62.9 Å². The highest BCUT2D eigenvalue weighted by atomic mass is 16.5. The van der Waals surface area contributed by atoms with E-state index in [2.05, 4.69) is 51.0 Å². The molecule has 2 aromatic carbocycles. The third-order valence-corrected chi connectivity index (χ3v) is 6.90. The number of hydrogen-bond donors (Lipinski definition) is 2. The summed E-state index contributed by atoms with van der Waals surface area (Å²) in [6.07, 6.45) is 5.93. The predicted molar refractivity (Wildman–Crippen MR) is 135 cm³/mol. The molecule has 0 spiro atoms. The first-order chi connectivity index (χ1) is 17.3. The van der Waals surface area contributed by atoms with E-state index in [-0.39, 0.29) is 11.9 Å². The van der Waals surface area contributed by atoms with E-state index in [0.29, 0.717) is 24.7 Å². The fraction of sp³-hybridized carbons (Fsp3) is 0.444. The number of amides is 1. The summed E-state index contributed by atoms with van der Waals surface area (Å²) < 4.78 is 12.8. The average molecular weight is 477 g/mol. The Hall–Kier alpha value is -3.23. The summed E-state index contributed by atoms with van der Waals surface area (Å²) >= 11 is 0. The molecule has 3 aliphatic rings. The van der Waals surface area contributed by atoms with Crippen molar-refractivity contribution >= 4 is 17.3 Å². The van der Waals surface area contributed by atoms with E-state index in [1.54, 1.807) is 0 Å². The Morgan fingerprint density at radius 1 is 0.971 bits per heavy atom. The summed E-state index contributed by atoms with van der Waals surface area (Å²) in [7, 11) is 0. The first-order valence-electron chi connectivity index (χ1n) is 12.5. The summed E-state index contributed by atoms with van der Waals surface area (Å²) in [5, 5.41) is 11.1. The number of benzene rings is 2. The summed E-state index contributed by atoms with van der Waals surface area (Å²) in [6.45, 7) is 6.32. The molecule has 3 heterocycles. The number of nitrogens with zero attached hydrogens (tertiary/aromatic N) is 3. The summed E-state index contributed by atoms with van der Waals surface area (Å²) in [4.78, 5) is 14.9. The van der Waals surface area contributed by atoms with E-state index in [4.69, 9.17) is 9.47 Å². The van der Waals surface area contributed by atoms with Gasteiger partial charge >= 0.3 is 0 Å². The summed E-state index contributed by atoms with van der Waals surface area (Å²) in [6, 6.07) is 16.4. The maximum atomic E-state index is 12.6. The Kier molecular flexibility index (Phi) is 7.70. The second-order valence-corrected chi connectivity index (χ2v) is 9.21. The number of nitrogens with one attached hydrogen (secondary N) is 2. The Bertz CT molecular complexity index is 1040. The maximum Gasteiger partial charge on any atom is 0.251 e. The molecule has 0 radical (unpaired) electrons. The lowest BCUT2D eigenvalue weighted by atomic mass is 10.00. The zero-order chi connectivity index (χ0) is 23.9. The van der Waals surface area contributed by atoms with Crippen molar-refractivity contribution in [3.05, 3.63) is 71.9 Å². The highest BCUT2D eigenvalue weighted by Crippen LogP contribution is 2.25. The number of rotatable bonds is 8. The highest BCUT2D eigenvalue weighted by molar-refractivity contribution is 5.94. The van der Waals surface area contributed by atoms with Gasteiger partial charge in [0, 0.05) is 61.4 Å². The van der Waals surface area contributed by atoms with Crippen LogP contribution in [0.1, 0.15) is 34.8 Å². The van der Waals surface area contributed by atoms with Crippen LogP contribution in [-0.2, 0) is 9.47 Å². The first-order valence-corrected chi connectivity index (χ1v) is 12.5. The molecule has 2 fully saturated rings. The third-order valence-electron chi connectivity index (χ3n) is 6.90. The van der Waals surface area contributed by atoms with E-state index in [9.17, 15) is 4.79 Å². The Labute approximate surface area is 206 Å². The molecule has 2 saturated heterocycles. The molecule has 2 aromatic rings. The molecular formula is C27H34N5O3+. The quantitative estimate of drug-likeness (QED) is 0.567. The lowest BCUT2D eigenvalue weighted by Crippen LogP contribution is -2.36. The van der Waals surface area contributed by atoms with Gasteiger partial charge in [0.05, 0.1) is 19.4 Å². The Morgan fingerprint density at radius 2 is 1.69 bits per heavy atom. The fourth-order valence-electron chi connectivity index (χ4n) is 4.70. The topological polar surface area (TPSA) is 78.2 Å². The van der Waals surface area contributed by atoms with Crippen LogP contribution in [0.15, 0.2) is 65.9 Å². The molecule has 35 heavy (non-hydrogen) atoms. The molecule has 1 atom stereocenters. The van der Waals surface area contributed by atoms with Gasteiger partial charge in [0.1, 0.15) is 0 Å². The minimum absolute atomic E-state index is 0.0197. The molecule has 8 nitrogen and oxygen atoms in total. The standard InChI is InChI=1S/C27H33N5O3/c33-27(28-19-21-10-15-34-16-11-21)23-3-1-22(2-4-23)26-9-12-30-32(26)20-29-24-5-7-25(8-6-24)31-13-17-35-18-14-31/h1-9,12,21,26,29H,10-11,13-20H2/p+1. The van der Waals surface area contributed by atoms with Gasteiger partial charge in [0.2, 0.25) is 12.7 Å². The van der Waals surface area contributed by atoms with Crippen LogP contribution in [0.5, 0.6) is 0 Å². The van der Waals surface area contributed by atoms with E-state index in [0.717, 1.165) is 63.6 Å². The van der Waals surface area contributed by atoms with E-state index in [1.165, 1.54) is 5.69 Å². The monoisotopic (exact) mass is 476 g/mol. The van der Waals surface area contributed by atoms with E-state index < -0.39 is 0 Å². The molecule has 8 heteroatoms. The van der Waals surface area contributed by atoms with Crippen LogP contribution in [0.3, 0.4) is 0 Å². The van der Waals surface area contributed by atoms with Crippen molar-refractivity contribution in [3.63, 3.8) is 0 Å². The molecule has 1 amide bonds. The van der Waals surface area contributed by atoms with Gasteiger partial charge in [-0.2, -0.15) is 0 Å². The normalized spacial score (nSPS) is 20.5. The fourth-order valence-corrected chi connectivity index (χ4v) is 4.70. The molecule has 3 aliphatic heterocycles. The molecule has 2 N–H and O–H groups in total. The second kappa shape index (κ2) is 11.5. The summed E-state index contributed by atoms with van der Waals surface area (Å²) in [5.74, 6) is 0.489. The van der Waals surface area contributed by atoms with Crippen LogP contribution in [0, 0.1) is 5.92 Å². The van der Waals surface area contributed by atoms with E-state index in [1.807, 2.05) is 35.2 Å². The van der Waals surface area contributed by atoms with Crippen molar-refractivity contribution in [1.82, 2.24) is 5.32 Å². The van der Waals surface area contributed by atoms with Gasteiger partial charge in [-0.05, 0) is 60.3 Å². The molecule has 184 valence electrons. The second-order valence-electron chi connectivity index (χ2n) is 9.21.